The molecule has 0 aliphatic carbocycles. The van der Waals surface area contributed by atoms with Crippen LogP contribution in [0.5, 0.6) is 5.75 Å². The molecule has 0 spiro atoms. The summed E-state index contributed by atoms with van der Waals surface area (Å²) >= 11 is 0. The van der Waals surface area contributed by atoms with Crippen LogP contribution in [0.25, 0.3) is 22.0 Å². The molecular weight excluding hydrogens is 488 g/mol. The van der Waals surface area contributed by atoms with Gasteiger partial charge in [-0.25, -0.2) is 14.4 Å². The third-order valence-electron chi connectivity index (χ3n) is 6.48. The highest BCUT2D eigenvalue weighted by Crippen LogP contribution is 2.33. The zero-order chi connectivity index (χ0) is 26.5. The summed E-state index contributed by atoms with van der Waals surface area (Å²) in [6, 6.07) is 17.5. The quantitative estimate of drug-likeness (QED) is 0.264. The van der Waals surface area contributed by atoms with Crippen LogP contribution < -0.4 is 20.7 Å². The maximum Gasteiger partial charge on any atom is 0.247 e. The molecule has 194 valence electrons. The lowest BCUT2D eigenvalue weighted by Crippen LogP contribution is -2.43. The van der Waals surface area contributed by atoms with Crippen molar-refractivity contribution in [2.45, 2.75) is 12.5 Å². The molecule has 1 saturated heterocycles. The van der Waals surface area contributed by atoms with Crippen LogP contribution in [0.1, 0.15) is 6.42 Å². The van der Waals surface area contributed by atoms with E-state index in [0.29, 0.717) is 34.9 Å². The molecule has 4 aromatic rings. The second-order valence-electron chi connectivity index (χ2n) is 9.01. The molecule has 1 fully saturated rings. The zero-order valence-corrected chi connectivity index (χ0v) is 20.6. The summed E-state index contributed by atoms with van der Waals surface area (Å²) in [6.07, 6.45) is 3.35. The van der Waals surface area contributed by atoms with Crippen LogP contribution in [0.15, 0.2) is 79.5 Å². The van der Waals surface area contributed by atoms with Gasteiger partial charge in [0.05, 0.1) is 17.9 Å². The molecule has 0 bridgehead atoms. The maximum atomic E-state index is 15.3. The molecule has 3 aromatic carbocycles. The molecule has 1 amide bonds. The number of anilines is 3. The van der Waals surface area contributed by atoms with E-state index in [9.17, 15) is 9.18 Å². The third-order valence-corrected chi connectivity index (χ3v) is 6.48. The largest absolute Gasteiger partial charge is 0.490 e. The van der Waals surface area contributed by atoms with Crippen LogP contribution in [0.3, 0.4) is 0 Å². The molecule has 2 unspecified atom stereocenters. The molecule has 7 nitrogen and oxygen atoms in total. The lowest BCUT2D eigenvalue weighted by molar-refractivity contribution is -0.111. The van der Waals surface area contributed by atoms with Crippen molar-refractivity contribution in [1.82, 2.24) is 15.3 Å². The number of para-hydroxylation sites is 1. The molecule has 0 saturated carbocycles. The van der Waals surface area contributed by atoms with Crippen LogP contribution >= 0.6 is 0 Å². The SMILES string of the molecule is C=CC(=O)Nc1cccc(-c2cccc3cnc(Nc4ccc(OC5CCNCC5CF)cc4)nc23)c1F. The summed E-state index contributed by atoms with van der Waals surface area (Å²) in [7, 11) is 0. The molecular formula is C29H27F2N5O2. The van der Waals surface area contributed by atoms with Crippen LogP contribution in [0, 0.1) is 11.7 Å². The highest BCUT2D eigenvalue weighted by atomic mass is 19.1. The van der Waals surface area contributed by atoms with Crippen molar-refractivity contribution in [3.63, 3.8) is 0 Å². The van der Waals surface area contributed by atoms with Crippen molar-refractivity contribution in [1.29, 1.82) is 0 Å². The van der Waals surface area contributed by atoms with Gasteiger partial charge >= 0.3 is 0 Å². The number of hydrogen-bond acceptors (Lipinski definition) is 6. The Morgan fingerprint density at radius 1 is 1.13 bits per heavy atom. The van der Waals surface area contributed by atoms with Crippen molar-refractivity contribution in [3.8, 4) is 16.9 Å². The maximum absolute atomic E-state index is 15.3. The van der Waals surface area contributed by atoms with E-state index in [1.807, 2.05) is 30.3 Å². The number of hydrogen-bond donors (Lipinski definition) is 3. The first-order valence-electron chi connectivity index (χ1n) is 12.3. The number of aromatic nitrogens is 2. The second-order valence-corrected chi connectivity index (χ2v) is 9.01. The first kappa shape index (κ1) is 25.3. The van der Waals surface area contributed by atoms with E-state index in [0.717, 1.165) is 30.1 Å². The number of halogens is 2. The van der Waals surface area contributed by atoms with E-state index in [1.165, 1.54) is 6.07 Å². The Bertz CT molecular complexity index is 1460. The van der Waals surface area contributed by atoms with E-state index in [2.05, 4.69) is 32.5 Å². The number of carbonyl (C=O) groups excluding carboxylic acids is 1. The average molecular weight is 516 g/mol. The monoisotopic (exact) mass is 515 g/mol. The number of rotatable bonds is 8. The number of fused-ring (bicyclic) bond motifs is 1. The van der Waals surface area contributed by atoms with Crippen molar-refractivity contribution >= 4 is 34.1 Å². The zero-order valence-electron chi connectivity index (χ0n) is 20.6. The van der Waals surface area contributed by atoms with Crippen LogP contribution in [-0.4, -0.2) is 41.7 Å². The summed E-state index contributed by atoms with van der Waals surface area (Å²) in [6.45, 7) is 4.40. The molecule has 1 aliphatic heterocycles. The van der Waals surface area contributed by atoms with Gasteiger partial charge in [-0.3, -0.25) is 9.18 Å². The topological polar surface area (TPSA) is 88.2 Å². The lowest BCUT2D eigenvalue weighted by atomic mass is 9.97. The molecule has 1 aliphatic rings. The van der Waals surface area contributed by atoms with Crippen molar-refractivity contribution < 1.29 is 18.3 Å². The van der Waals surface area contributed by atoms with E-state index < -0.39 is 18.4 Å². The van der Waals surface area contributed by atoms with E-state index in [-0.39, 0.29) is 17.7 Å². The van der Waals surface area contributed by atoms with Crippen LogP contribution in [0.2, 0.25) is 0 Å². The van der Waals surface area contributed by atoms with E-state index >= 15 is 4.39 Å². The minimum atomic E-state index is -0.567. The normalized spacial score (nSPS) is 17.1. The highest BCUT2D eigenvalue weighted by molar-refractivity contribution is 6.00. The van der Waals surface area contributed by atoms with Gasteiger partial charge in [0.25, 0.3) is 0 Å². The van der Waals surface area contributed by atoms with E-state index in [4.69, 9.17) is 4.74 Å². The number of carbonyl (C=O) groups is 1. The molecule has 2 heterocycles. The molecule has 38 heavy (non-hydrogen) atoms. The van der Waals surface area contributed by atoms with E-state index in [1.54, 1.807) is 30.5 Å². The lowest BCUT2D eigenvalue weighted by Gasteiger charge is -2.30. The van der Waals surface area contributed by atoms with Crippen LogP contribution in [0.4, 0.5) is 26.1 Å². The predicted molar refractivity (Wildman–Crippen MR) is 145 cm³/mol. The Balaban J connectivity index is 1.38. The Kier molecular flexibility index (Phi) is 7.55. The Morgan fingerprint density at radius 3 is 2.71 bits per heavy atom. The number of benzene rings is 3. The number of ether oxygens (including phenoxy) is 1. The number of piperidine rings is 1. The molecule has 9 heteroatoms. The van der Waals surface area contributed by atoms with Gasteiger partial charge in [-0.05, 0) is 49.4 Å². The second kappa shape index (κ2) is 11.4. The average Bonchev–Trinajstić information content (AvgIpc) is 2.95. The summed E-state index contributed by atoms with van der Waals surface area (Å²) in [5.41, 5.74) is 2.21. The summed E-state index contributed by atoms with van der Waals surface area (Å²) < 4.78 is 34.7. The molecule has 0 radical (unpaired) electrons. The van der Waals surface area contributed by atoms with Gasteiger partial charge in [0, 0.05) is 40.9 Å². The van der Waals surface area contributed by atoms with Gasteiger partial charge in [-0.1, -0.05) is 36.9 Å². The third kappa shape index (κ3) is 5.47. The molecule has 5 rings (SSSR count). The Morgan fingerprint density at radius 2 is 1.92 bits per heavy atom. The molecule has 2 atom stereocenters. The first-order chi connectivity index (χ1) is 18.6. The van der Waals surface area contributed by atoms with Gasteiger partial charge in [-0.2, -0.15) is 0 Å². The Hall–Kier alpha value is -4.37. The number of amides is 1. The number of nitrogens with one attached hydrogen (secondary N) is 3. The van der Waals surface area contributed by atoms with Gasteiger partial charge in [0.2, 0.25) is 11.9 Å². The molecule has 1 aromatic heterocycles. The van der Waals surface area contributed by atoms with Crippen molar-refractivity contribution in [2.24, 2.45) is 5.92 Å². The van der Waals surface area contributed by atoms with Gasteiger partial charge < -0.3 is 20.7 Å². The fourth-order valence-electron chi connectivity index (χ4n) is 4.48. The minimum absolute atomic E-state index is 0.0569. The highest BCUT2D eigenvalue weighted by Gasteiger charge is 2.26. The van der Waals surface area contributed by atoms with Crippen LogP contribution in [-0.2, 0) is 4.79 Å². The summed E-state index contributed by atoms with van der Waals surface area (Å²) in [5, 5.41) is 9.60. The van der Waals surface area contributed by atoms with Gasteiger partial charge in [-0.15, -0.1) is 0 Å². The fraction of sp³-hybridized carbons (Fsp3) is 0.207. The Labute approximate surface area is 219 Å². The van der Waals surface area contributed by atoms with Crippen molar-refractivity contribution in [3.05, 3.63) is 85.3 Å². The molecule has 3 N–H and O–H groups in total. The van der Waals surface area contributed by atoms with Gasteiger partial charge in [0.1, 0.15) is 11.9 Å². The first-order valence-corrected chi connectivity index (χ1v) is 12.3. The number of nitrogens with zero attached hydrogens (tertiary/aromatic N) is 2. The predicted octanol–water partition coefficient (Wildman–Crippen LogP) is 5.63. The summed E-state index contributed by atoms with van der Waals surface area (Å²) in [4.78, 5) is 20.8. The standard InChI is InChI=1S/C29H27F2N5O2/c1-2-26(37)35-24-8-4-6-22(27(24)31)23-7-3-5-18-17-33-29(36-28(18)23)34-20-9-11-21(12-10-20)38-25-13-14-32-16-19(25)15-30/h2-12,17,19,25,32H,1,13-16H2,(H,35,37)(H,33,34,36). The fourth-order valence-corrected chi connectivity index (χ4v) is 4.48. The minimum Gasteiger partial charge on any atom is -0.490 e. The van der Waals surface area contributed by atoms with Gasteiger partial charge in [0.15, 0.2) is 5.82 Å². The number of alkyl halides is 1. The summed E-state index contributed by atoms with van der Waals surface area (Å²) in [5.74, 6) is -0.220. The smallest absolute Gasteiger partial charge is 0.247 e. The van der Waals surface area contributed by atoms with Crippen molar-refractivity contribution in [2.75, 3.05) is 30.4 Å².